The molecular formula is C14H14N4O3. The molecule has 1 amide bonds. The highest BCUT2D eigenvalue weighted by Crippen LogP contribution is 2.21. The summed E-state index contributed by atoms with van der Waals surface area (Å²) in [6.07, 6.45) is 1.86. The van der Waals surface area contributed by atoms with Crippen LogP contribution < -0.4 is 5.32 Å². The normalized spacial score (nSPS) is 10.9. The average molecular weight is 286 g/mol. The van der Waals surface area contributed by atoms with Crippen molar-refractivity contribution in [2.24, 2.45) is 0 Å². The minimum atomic E-state index is -0.409. The first kappa shape index (κ1) is 13.3. The van der Waals surface area contributed by atoms with Gasteiger partial charge in [-0.15, -0.1) is 0 Å². The van der Waals surface area contributed by atoms with Crippen LogP contribution in [0.2, 0.25) is 0 Å². The van der Waals surface area contributed by atoms with Gasteiger partial charge < -0.3 is 19.6 Å². The smallest absolute Gasteiger partial charge is 0.316 e. The number of rotatable bonds is 5. The first-order valence-corrected chi connectivity index (χ1v) is 6.46. The van der Waals surface area contributed by atoms with Crippen molar-refractivity contribution in [3.05, 3.63) is 36.4 Å². The van der Waals surface area contributed by atoms with Crippen molar-refractivity contribution in [2.75, 3.05) is 20.3 Å². The van der Waals surface area contributed by atoms with Crippen molar-refractivity contribution in [3.63, 3.8) is 0 Å². The van der Waals surface area contributed by atoms with Crippen LogP contribution in [0.25, 0.3) is 22.3 Å². The second-order valence-corrected chi connectivity index (χ2v) is 4.45. The number of hydrogen-bond acceptors (Lipinski definition) is 5. The molecule has 3 rings (SSSR count). The number of nitrogens with zero attached hydrogens (tertiary/aromatic N) is 2. The molecule has 7 nitrogen and oxygen atoms in total. The summed E-state index contributed by atoms with van der Waals surface area (Å²) in [5, 5.41) is 7.51. The molecule has 7 heteroatoms. The van der Waals surface area contributed by atoms with Crippen molar-refractivity contribution < 1.29 is 14.1 Å². The number of fused-ring (bicyclic) bond motifs is 1. The summed E-state index contributed by atoms with van der Waals surface area (Å²) < 4.78 is 9.83. The van der Waals surface area contributed by atoms with Gasteiger partial charge >= 0.3 is 11.8 Å². The minimum Gasteiger partial charge on any atom is -0.383 e. The van der Waals surface area contributed by atoms with Crippen LogP contribution in [0.5, 0.6) is 0 Å². The Hall–Kier alpha value is -2.67. The van der Waals surface area contributed by atoms with E-state index in [1.54, 1.807) is 7.11 Å². The Kier molecular flexibility index (Phi) is 3.65. The number of nitrogens with one attached hydrogen (secondary N) is 2. The van der Waals surface area contributed by atoms with E-state index in [0.717, 1.165) is 16.5 Å². The summed E-state index contributed by atoms with van der Waals surface area (Å²) in [4.78, 5) is 19.0. The van der Waals surface area contributed by atoms with Crippen LogP contribution in [0.15, 0.2) is 35.0 Å². The largest absolute Gasteiger partial charge is 0.383 e. The molecule has 0 fully saturated rings. The summed E-state index contributed by atoms with van der Waals surface area (Å²) in [5.41, 5.74) is 1.82. The molecule has 0 aliphatic carbocycles. The van der Waals surface area contributed by atoms with Crippen LogP contribution in [-0.4, -0.2) is 41.3 Å². The van der Waals surface area contributed by atoms with Crippen LogP contribution in [0.4, 0.5) is 0 Å². The highest BCUT2D eigenvalue weighted by atomic mass is 16.5. The van der Waals surface area contributed by atoms with E-state index >= 15 is 0 Å². The van der Waals surface area contributed by atoms with Gasteiger partial charge in [-0.25, -0.2) is 0 Å². The highest BCUT2D eigenvalue weighted by Gasteiger charge is 2.15. The Morgan fingerprint density at radius 3 is 3.19 bits per heavy atom. The maximum absolute atomic E-state index is 11.8. The molecule has 108 valence electrons. The summed E-state index contributed by atoms with van der Waals surface area (Å²) in [6, 6.07) is 7.69. The molecule has 21 heavy (non-hydrogen) atoms. The van der Waals surface area contributed by atoms with Crippen LogP contribution in [0.3, 0.4) is 0 Å². The predicted molar refractivity (Wildman–Crippen MR) is 75.8 cm³/mol. The Balaban J connectivity index is 1.79. The average Bonchev–Trinajstić information content (AvgIpc) is 3.15. The molecule has 0 atom stereocenters. The molecule has 2 N–H and O–H groups in total. The van der Waals surface area contributed by atoms with Gasteiger partial charge in [0.15, 0.2) is 0 Å². The number of carbonyl (C=O) groups is 1. The van der Waals surface area contributed by atoms with Gasteiger partial charge in [0.25, 0.3) is 0 Å². The van der Waals surface area contributed by atoms with Crippen molar-refractivity contribution in [3.8, 4) is 11.4 Å². The summed E-state index contributed by atoms with van der Waals surface area (Å²) in [5.74, 6) is -0.0845. The van der Waals surface area contributed by atoms with E-state index in [1.807, 2.05) is 30.5 Å². The molecule has 0 unspecified atom stereocenters. The molecule has 0 bridgehead atoms. The molecule has 0 saturated carbocycles. The standard InChI is InChI=1S/C14H14N4O3/c1-20-7-6-16-13(19)14-17-12(18-21-14)10-2-3-11-9(8-10)4-5-15-11/h2-5,8,15H,6-7H2,1H3,(H,16,19). The zero-order valence-corrected chi connectivity index (χ0v) is 11.4. The number of amides is 1. The molecule has 2 aromatic heterocycles. The van der Waals surface area contributed by atoms with Crippen LogP contribution in [0, 0.1) is 0 Å². The van der Waals surface area contributed by atoms with Crippen molar-refractivity contribution in [1.29, 1.82) is 0 Å². The molecular weight excluding hydrogens is 272 g/mol. The number of aromatic amines is 1. The van der Waals surface area contributed by atoms with Gasteiger partial charge in [-0.2, -0.15) is 4.98 Å². The summed E-state index contributed by atoms with van der Waals surface area (Å²) >= 11 is 0. The maximum Gasteiger partial charge on any atom is 0.316 e. The second-order valence-electron chi connectivity index (χ2n) is 4.45. The summed E-state index contributed by atoms with van der Waals surface area (Å²) in [7, 11) is 1.56. The van der Waals surface area contributed by atoms with Crippen molar-refractivity contribution in [2.45, 2.75) is 0 Å². The van der Waals surface area contributed by atoms with E-state index in [4.69, 9.17) is 9.26 Å². The number of carbonyl (C=O) groups excluding carboxylic acids is 1. The molecule has 2 heterocycles. The lowest BCUT2D eigenvalue weighted by atomic mass is 10.1. The number of H-pyrrole nitrogens is 1. The van der Waals surface area contributed by atoms with Gasteiger partial charge in [0.05, 0.1) is 6.61 Å². The van der Waals surface area contributed by atoms with Gasteiger partial charge in [0.2, 0.25) is 5.82 Å². The van der Waals surface area contributed by atoms with E-state index in [2.05, 4.69) is 20.4 Å². The predicted octanol–water partition coefficient (Wildman–Crippen LogP) is 1.59. The fourth-order valence-corrected chi connectivity index (χ4v) is 1.97. The zero-order chi connectivity index (χ0) is 14.7. The third kappa shape index (κ3) is 2.77. The lowest BCUT2D eigenvalue weighted by molar-refractivity contribution is 0.0893. The fraction of sp³-hybridized carbons (Fsp3) is 0.214. The second kappa shape index (κ2) is 5.76. The molecule has 0 aliphatic heterocycles. The zero-order valence-electron chi connectivity index (χ0n) is 11.4. The van der Waals surface area contributed by atoms with Gasteiger partial charge in [0.1, 0.15) is 0 Å². The molecule has 1 aromatic carbocycles. The van der Waals surface area contributed by atoms with Crippen LogP contribution in [0.1, 0.15) is 10.7 Å². The van der Waals surface area contributed by atoms with E-state index < -0.39 is 5.91 Å². The third-order valence-corrected chi connectivity index (χ3v) is 3.02. The number of ether oxygens (including phenoxy) is 1. The maximum atomic E-state index is 11.8. The fourth-order valence-electron chi connectivity index (χ4n) is 1.97. The Morgan fingerprint density at radius 1 is 1.43 bits per heavy atom. The number of hydrogen-bond donors (Lipinski definition) is 2. The van der Waals surface area contributed by atoms with Crippen molar-refractivity contribution >= 4 is 16.8 Å². The monoisotopic (exact) mass is 286 g/mol. The quantitative estimate of drug-likeness (QED) is 0.695. The first-order chi connectivity index (χ1) is 10.3. The Labute approximate surface area is 120 Å². The van der Waals surface area contributed by atoms with Crippen molar-refractivity contribution in [1.82, 2.24) is 20.4 Å². The van der Waals surface area contributed by atoms with Gasteiger partial charge in [0, 0.05) is 36.3 Å². The SMILES string of the molecule is COCCNC(=O)c1nc(-c2ccc3[nH]ccc3c2)no1. The lowest BCUT2D eigenvalue weighted by Gasteiger charge is -1.99. The third-order valence-electron chi connectivity index (χ3n) is 3.02. The molecule has 3 aromatic rings. The van der Waals surface area contributed by atoms with E-state index in [0.29, 0.717) is 19.0 Å². The molecule has 0 aliphatic rings. The Morgan fingerprint density at radius 2 is 2.33 bits per heavy atom. The number of methoxy groups -OCH3 is 1. The number of aromatic nitrogens is 3. The van der Waals surface area contributed by atoms with Gasteiger partial charge in [-0.3, -0.25) is 4.79 Å². The van der Waals surface area contributed by atoms with E-state index in [1.165, 1.54) is 0 Å². The molecule has 0 spiro atoms. The topological polar surface area (TPSA) is 93.0 Å². The molecule has 0 radical (unpaired) electrons. The summed E-state index contributed by atoms with van der Waals surface area (Å²) in [6.45, 7) is 0.819. The Bertz CT molecular complexity index is 762. The first-order valence-electron chi connectivity index (χ1n) is 6.46. The minimum absolute atomic E-state index is 0.0599. The lowest BCUT2D eigenvalue weighted by Crippen LogP contribution is -2.27. The van der Waals surface area contributed by atoms with E-state index in [-0.39, 0.29) is 5.89 Å². The molecule has 0 saturated heterocycles. The van der Waals surface area contributed by atoms with Gasteiger partial charge in [-0.1, -0.05) is 5.16 Å². The van der Waals surface area contributed by atoms with Crippen LogP contribution >= 0.6 is 0 Å². The van der Waals surface area contributed by atoms with Crippen LogP contribution in [-0.2, 0) is 4.74 Å². The number of benzene rings is 1. The van der Waals surface area contributed by atoms with E-state index in [9.17, 15) is 4.79 Å². The van der Waals surface area contributed by atoms with Gasteiger partial charge in [-0.05, 0) is 24.3 Å². The highest BCUT2D eigenvalue weighted by molar-refractivity contribution is 5.90.